The summed E-state index contributed by atoms with van der Waals surface area (Å²) in [5.41, 5.74) is 1.16. The Morgan fingerprint density at radius 1 is 1.24 bits per heavy atom. The van der Waals surface area contributed by atoms with E-state index in [0.717, 1.165) is 24.0 Å². The summed E-state index contributed by atoms with van der Waals surface area (Å²) in [7, 11) is 0. The van der Waals surface area contributed by atoms with Crippen molar-refractivity contribution in [3.05, 3.63) is 72.2 Å². The topological polar surface area (TPSA) is 72.7 Å². The molecule has 1 amide bonds. The molecule has 1 aliphatic carbocycles. The lowest BCUT2D eigenvalue weighted by molar-refractivity contribution is -0.123. The van der Waals surface area contributed by atoms with Crippen molar-refractivity contribution >= 4 is 5.91 Å². The summed E-state index contributed by atoms with van der Waals surface area (Å²) in [6, 6.07) is 9.87. The lowest BCUT2D eigenvalue weighted by Crippen LogP contribution is -2.34. The second-order valence-corrected chi connectivity index (χ2v) is 6.10. The van der Waals surface area contributed by atoms with Crippen molar-refractivity contribution in [2.75, 3.05) is 0 Å². The highest BCUT2D eigenvalue weighted by Crippen LogP contribution is 2.48. The zero-order valence-electron chi connectivity index (χ0n) is 13.4. The maximum Gasteiger partial charge on any atom is 0.230 e. The summed E-state index contributed by atoms with van der Waals surface area (Å²) in [4.78, 5) is 21.0. The van der Waals surface area contributed by atoms with E-state index in [-0.39, 0.29) is 11.7 Å². The van der Waals surface area contributed by atoms with Gasteiger partial charge in [0.05, 0.1) is 5.41 Å². The van der Waals surface area contributed by atoms with Crippen LogP contribution in [0.3, 0.4) is 0 Å². The van der Waals surface area contributed by atoms with Crippen molar-refractivity contribution < 1.29 is 9.18 Å². The molecular formula is C18H16FN5O. The van der Waals surface area contributed by atoms with E-state index in [0.29, 0.717) is 12.4 Å². The van der Waals surface area contributed by atoms with Crippen LogP contribution in [0.15, 0.2) is 55.2 Å². The smallest absolute Gasteiger partial charge is 0.230 e. The maximum absolute atomic E-state index is 13.1. The fourth-order valence-electron chi connectivity index (χ4n) is 2.98. The molecule has 7 heteroatoms. The predicted octanol–water partition coefficient (Wildman–Crippen LogP) is 2.15. The Kier molecular flexibility index (Phi) is 3.76. The number of nitrogens with one attached hydrogen (secondary N) is 1. The van der Waals surface area contributed by atoms with Gasteiger partial charge >= 0.3 is 0 Å². The number of carbonyl (C=O) groups excluding carboxylic acids is 1. The number of rotatable bonds is 5. The second-order valence-electron chi connectivity index (χ2n) is 6.10. The van der Waals surface area contributed by atoms with E-state index >= 15 is 0 Å². The Morgan fingerprint density at radius 3 is 2.72 bits per heavy atom. The molecule has 2 heterocycles. The van der Waals surface area contributed by atoms with E-state index in [1.54, 1.807) is 29.3 Å². The van der Waals surface area contributed by atoms with Gasteiger partial charge in [-0.05, 0) is 36.6 Å². The van der Waals surface area contributed by atoms with Crippen LogP contribution >= 0.6 is 0 Å². The van der Waals surface area contributed by atoms with Gasteiger partial charge in [0, 0.05) is 18.3 Å². The minimum atomic E-state index is -0.538. The van der Waals surface area contributed by atoms with E-state index in [4.69, 9.17) is 0 Å². The first-order valence-corrected chi connectivity index (χ1v) is 8.02. The fraction of sp³-hybridized carbons (Fsp3) is 0.222. The molecule has 1 aromatic carbocycles. The van der Waals surface area contributed by atoms with Crippen molar-refractivity contribution in [2.45, 2.75) is 24.8 Å². The van der Waals surface area contributed by atoms with Gasteiger partial charge in [0.2, 0.25) is 5.91 Å². The van der Waals surface area contributed by atoms with Crippen molar-refractivity contribution in [1.29, 1.82) is 0 Å². The molecule has 0 aliphatic heterocycles. The van der Waals surface area contributed by atoms with Gasteiger partial charge in [-0.25, -0.2) is 19.0 Å². The molecule has 3 aromatic rings. The lowest BCUT2D eigenvalue weighted by Gasteiger charge is -2.16. The summed E-state index contributed by atoms with van der Waals surface area (Å²) in [5.74, 6) is 0.284. The number of hydrogen-bond acceptors (Lipinski definition) is 4. The van der Waals surface area contributed by atoms with Gasteiger partial charge in [0.25, 0.3) is 0 Å². The first kappa shape index (κ1) is 15.4. The van der Waals surface area contributed by atoms with E-state index in [9.17, 15) is 9.18 Å². The third-order valence-corrected chi connectivity index (χ3v) is 4.52. The number of pyridine rings is 1. The van der Waals surface area contributed by atoms with Crippen LogP contribution in [0.2, 0.25) is 0 Å². The van der Waals surface area contributed by atoms with Gasteiger partial charge < -0.3 is 5.32 Å². The molecule has 1 saturated carbocycles. The van der Waals surface area contributed by atoms with E-state index in [1.165, 1.54) is 18.5 Å². The van der Waals surface area contributed by atoms with Crippen LogP contribution in [0, 0.1) is 5.82 Å². The minimum absolute atomic E-state index is 0.0486. The van der Waals surface area contributed by atoms with E-state index < -0.39 is 5.41 Å². The monoisotopic (exact) mass is 337 g/mol. The molecule has 25 heavy (non-hydrogen) atoms. The highest BCUT2D eigenvalue weighted by Gasteiger charge is 2.51. The molecule has 4 rings (SSSR count). The molecule has 0 bridgehead atoms. The minimum Gasteiger partial charge on any atom is -0.351 e. The predicted molar refractivity (Wildman–Crippen MR) is 88.3 cm³/mol. The highest BCUT2D eigenvalue weighted by atomic mass is 19.1. The van der Waals surface area contributed by atoms with E-state index in [2.05, 4.69) is 20.4 Å². The Hall–Kier alpha value is -3.09. The van der Waals surface area contributed by atoms with Gasteiger partial charge in [-0.3, -0.25) is 4.79 Å². The van der Waals surface area contributed by atoms with Gasteiger partial charge in [0.1, 0.15) is 18.5 Å². The Labute approximate surface area is 143 Å². The number of hydrogen-bond donors (Lipinski definition) is 1. The molecule has 6 nitrogen and oxygen atoms in total. The number of nitrogens with zero attached hydrogens (tertiary/aromatic N) is 4. The average Bonchev–Trinajstić information content (AvgIpc) is 3.27. The first-order valence-electron chi connectivity index (χ1n) is 8.02. The summed E-state index contributed by atoms with van der Waals surface area (Å²) in [6.45, 7) is 0.338. The summed E-state index contributed by atoms with van der Waals surface area (Å²) < 4.78 is 14.7. The fourth-order valence-corrected chi connectivity index (χ4v) is 2.98. The molecule has 1 fully saturated rings. The molecule has 0 saturated heterocycles. The third-order valence-electron chi connectivity index (χ3n) is 4.52. The van der Waals surface area contributed by atoms with Crippen LogP contribution in [0.25, 0.3) is 5.82 Å². The number of benzene rings is 1. The quantitative estimate of drug-likeness (QED) is 0.774. The molecular weight excluding hydrogens is 321 g/mol. The maximum atomic E-state index is 13.1. The van der Waals surface area contributed by atoms with Gasteiger partial charge in [-0.2, -0.15) is 5.10 Å². The standard InChI is InChI=1S/C18H16FN5O/c19-15-5-3-14(4-6-15)18(7-8-18)17(25)22-10-13-2-1-9-21-16(13)24-12-20-11-23-24/h1-6,9,11-12H,7-8,10H2,(H,22,25). The number of aromatic nitrogens is 4. The molecule has 0 spiro atoms. The second kappa shape index (κ2) is 6.08. The molecule has 1 N–H and O–H groups in total. The van der Waals surface area contributed by atoms with Crippen LogP contribution in [-0.4, -0.2) is 25.7 Å². The Balaban J connectivity index is 1.51. The number of amides is 1. The summed E-state index contributed by atoms with van der Waals surface area (Å²) in [6.07, 6.45) is 6.21. The zero-order valence-corrected chi connectivity index (χ0v) is 13.4. The van der Waals surface area contributed by atoms with E-state index in [1.807, 2.05) is 12.1 Å². The van der Waals surface area contributed by atoms with Gasteiger partial charge in [-0.1, -0.05) is 18.2 Å². The van der Waals surface area contributed by atoms with Crippen molar-refractivity contribution in [2.24, 2.45) is 0 Å². The van der Waals surface area contributed by atoms with Crippen LogP contribution < -0.4 is 5.32 Å². The zero-order chi connectivity index (χ0) is 17.3. The summed E-state index contributed by atoms with van der Waals surface area (Å²) in [5, 5.41) is 7.07. The normalized spacial score (nSPS) is 14.9. The SMILES string of the molecule is O=C(NCc1cccnc1-n1cncn1)C1(c2ccc(F)cc2)CC1. The third kappa shape index (κ3) is 2.88. The van der Waals surface area contributed by atoms with Crippen molar-refractivity contribution in [3.63, 3.8) is 0 Å². The molecule has 2 aromatic heterocycles. The average molecular weight is 337 g/mol. The van der Waals surface area contributed by atoms with Gasteiger partial charge in [0.15, 0.2) is 5.82 Å². The van der Waals surface area contributed by atoms with Crippen LogP contribution in [-0.2, 0) is 16.8 Å². The molecule has 1 aliphatic rings. The van der Waals surface area contributed by atoms with Crippen LogP contribution in [0.1, 0.15) is 24.0 Å². The number of halogens is 1. The molecule has 0 atom stereocenters. The lowest BCUT2D eigenvalue weighted by atomic mass is 9.95. The van der Waals surface area contributed by atoms with Crippen molar-refractivity contribution in [3.8, 4) is 5.82 Å². The summed E-state index contributed by atoms with van der Waals surface area (Å²) >= 11 is 0. The number of carbonyl (C=O) groups is 1. The molecule has 0 radical (unpaired) electrons. The van der Waals surface area contributed by atoms with Crippen LogP contribution in [0.4, 0.5) is 4.39 Å². The van der Waals surface area contributed by atoms with Gasteiger partial charge in [-0.15, -0.1) is 0 Å². The largest absolute Gasteiger partial charge is 0.351 e. The Bertz CT molecular complexity index is 888. The molecule has 126 valence electrons. The molecule has 0 unspecified atom stereocenters. The van der Waals surface area contributed by atoms with Crippen molar-refractivity contribution in [1.82, 2.24) is 25.1 Å². The first-order chi connectivity index (χ1) is 12.2. The van der Waals surface area contributed by atoms with Crippen LogP contribution in [0.5, 0.6) is 0 Å². The Morgan fingerprint density at radius 2 is 2.04 bits per heavy atom. The highest BCUT2D eigenvalue weighted by molar-refractivity contribution is 5.91.